The van der Waals surface area contributed by atoms with Gasteiger partial charge in [-0.25, -0.2) is 0 Å². The summed E-state index contributed by atoms with van der Waals surface area (Å²) in [7, 11) is 0. The number of carbonyl (C=O) groups is 1. The summed E-state index contributed by atoms with van der Waals surface area (Å²) in [5.41, 5.74) is 7.36. The van der Waals surface area contributed by atoms with Crippen molar-refractivity contribution in [2.24, 2.45) is 5.73 Å². The summed E-state index contributed by atoms with van der Waals surface area (Å²) in [6, 6.07) is 6.61. The topological polar surface area (TPSA) is 66.6 Å². The maximum atomic E-state index is 10.8. The lowest BCUT2D eigenvalue weighted by atomic mass is 10.1. The van der Waals surface area contributed by atoms with Crippen LogP contribution in [0, 0.1) is 0 Å². The van der Waals surface area contributed by atoms with Crippen LogP contribution in [0.3, 0.4) is 0 Å². The zero-order valence-electron chi connectivity index (χ0n) is 9.80. The number of rotatable bonds is 3. The molecule has 1 aromatic carbocycles. The van der Waals surface area contributed by atoms with Crippen LogP contribution >= 0.6 is 0 Å². The smallest absolute Gasteiger partial charge is 0.325 e. The molecule has 4 nitrogen and oxygen atoms in total. The van der Waals surface area contributed by atoms with Crippen molar-refractivity contribution in [1.29, 1.82) is 0 Å². The minimum atomic E-state index is -0.990. The molecule has 1 aliphatic heterocycles. The van der Waals surface area contributed by atoms with Gasteiger partial charge in [0.25, 0.3) is 0 Å². The van der Waals surface area contributed by atoms with E-state index in [1.165, 1.54) is 19.3 Å². The van der Waals surface area contributed by atoms with Crippen LogP contribution < -0.4 is 10.6 Å². The Bertz CT molecular complexity index is 383. The van der Waals surface area contributed by atoms with E-state index >= 15 is 0 Å². The summed E-state index contributed by atoms with van der Waals surface area (Å²) in [5, 5.41) is 8.82. The van der Waals surface area contributed by atoms with Gasteiger partial charge in [0.1, 0.15) is 6.04 Å². The molecule has 0 spiro atoms. The molecule has 2 rings (SSSR count). The highest BCUT2D eigenvalue weighted by molar-refractivity contribution is 5.75. The number of anilines is 1. The van der Waals surface area contributed by atoms with Crippen molar-refractivity contribution in [3.8, 4) is 0 Å². The van der Waals surface area contributed by atoms with Crippen molar-refractivity contribution in [1.82, 2.24) is 0 Å². The summed E-state index contributed by atoms with van der Waals surface area (Å²) in [4.78, 5) is 13.1. The van der Waals surface area contributed by atoms with Crippen LogP contribution in [-0.2, 0) is 4.79 Å². The molecule has 1 atom stereocenters. The first-order valence-electron chi connectivity index (χ1n) is 6.02. The lowest BCUT2D eigenvalue weighted by molar-refractivity contribution is -0.138. The second kappa shape index (κ2) is 5.19. The summed E-state index contributed by atoms with van der Waals surface area (Å²) in [5.74, 6) is -0.990. The number of hydrogen-bond donors (Lipinski definition) is 2. The molecule has 0 aliphatic carbocycles. The van der Waals surface area contributed by atoms with Gasteiger partial charge in [0.05, 0.1) is 0 Å². The van der Waals surface area contributed by atoms with Gasteiger partial charge in [-0.1, -0.05) is 12.1 Å². The molecule has 1 aromatic rings. The van der Waals surface area contributed by atoms with Gasteiger partial charge in [0.15, 0.2) is 0 Å². The number of piperidine rings is 1. The fraction of sp³-hybridized carbons (Fsp3) is 0.462. The molecule has 1 fully saturated rings. The predicted molar refractivity (Wildman–Crippen MR) is 67.1 cm³/mol. The first-order valence-corrected chi connectivity index (χ1v) is 6.02. The molecule has 1 aliphatic rings. The molecule has 1 saturated heterocycles. The van der Waals surface area contributed by atoms with Crippen molar-refractivity contribution < 1.29 is 9.90 Å². The van der Waals surface area contributed by atoms with Gasteiger partial charge in [-0.05, 0) is 37.0 Å². The van der Waals surface area contributed by atoms with Gasteiger partial charge in [0.2, 0.25) is 0 Å². The molecule has 1 heterocycles. The van der Waals surface area contributed by atoms with Crippen LogP contribution in [0.5, 0.6) is 0 Å². The quantitative estimate of drug-likeness (QED) is 0.836. The molecule has 0 radical (unpaired) electrons. The van der Waals surface area contributed by atoms with E-state index in [0.29, 0.717) is 5.56 Å². The van der Waals surface area contributed by atoms with Crippen LogP contribution in [0.15, 0.2) is 24.3 Å². The van der Waals surface area contributed by atoms with E-state index in [9.17, 15) is 4.79 Å². The minimum absolute atomic E-state index is 0.651. The molecular formula is C13H18N2O2. The van der Waals surface area contributed by atoms with Gasteiger partial charge >= 0.3 is 5.97 Å². The monoisotopic (exact) mass is 234 g/mol. The zero-order valence-corrected chi connectivity index (χ0v) is 9.80. The summed E-state index contributed by atoms with van der Waals surface area (Å²) < 4.78 is 0. The van der Waals surface area contributed by atoms with Crippen molar-refractivity contribution in [2.45, 2.75) is 25.3 Å². The lowest BCUT2D eigenvalue weighted by Crippen LogP contribution is -2.29. The molecule has 0 unspecified atom stereocenters. The molecule has 3 N–H and O–H groups in total. The highest BCUT2D eigenvalue weighted by Gasteiger charge is 2.15. The molecule has 92 valence electrons. The molecule has 17 heavy (non-hydrogen) atoms. The Balaban J connectivity index is 2.09. The Morgan fingerprint density at radius 1 is 1.18 bits per heavy atom. The summed E-state index contributed by atoms with van der Waals surface area (Å²) >= 11 is 0. The van der Waals surface area contributed by atoms with Gasteiger partial charge in [-0.3, -0.25) is 4.79 Å². The second-order valence-electron chi connectivity index (χ2n) is 4.46. The number of hydrogen-bond acceptors (Lipinski definition) is 3. The Morgan fingerprint density at radius 2 is 1.76 bits per heavy atom. The maximum Gasteiger partial charge on any atom is 0.325 e. The van der Waals surface area contributed by atoms with Crippen LogP contribution in [0.2, 0.25) is 0 Å². The molecule has 4 heteroatoms. The normalized spacial score (nSPS) is 17.8. The van der Waals surface area contributed by atoms with Crippen molar-refractivity contribution in [2.75, 3.05) is 18.0 Å². The number of carboxylic acid groups (broad SMARTS) is 1. The largest absolute Gasteiger partial charge is 0.480 e. The van der Waals surface area contributed by atoms with E-state index in [-0.39, 0.29) is 0 Å². The van der Waals surface area contributed by atoms with E-state index in [4.69, 9.17) is 10.8 Å². The third-order valence-electron chi connectivity index (χ3n) is 3.24. The van der Waals surface area contributed by atoms with Crippen LogP contribution in [0.1, 0.15) is 30.9 Å². The third-order valence-corrected chi connectivity index (χ3v) is 3.24. The van der Waals surface area contributed by atoms with E-state index in [1.54, 1.807) is 0 Å². The summed E-state index contributed by atoms with van der Waals surface area (Å²) in [6.07, 6.45) is 3.77. The minimum Gasteiger partial charge on any atom is -0.480 e. The van der Waals surface area contributed by atoms with E-state index in [2.05, 4.69) is 4.90 Å². The third kappa shape index (κ3) is 2.77. The summed E-state index contributed by atoms with van der Waals surface area (Å²) in [6.45, 7) is 2.18. The average Bonchev–Trinajstić information content (AvgIpc) is 2.39. The van der Waals surface area contributed by atoms with Crippen molar-refractivity contribution in [3.05, 3.63) is 29.8 Å². The first kappa shape index (κ1) is 11.9. The van der Waals surface area contributed by atoms with Crippen LogP contribution in [-0.4, -0.2) is 24.2 Å². The Kier molecular flexibility index (Phi) is 3.64. The first-order chi connectivity index (χ1) is 8.18. The Labute approximate surface area is 101 Å². The highest BCUT2D eigenvalue weighted by Crippen LogP contribution is 2.21. The van der Waals surface area contributed by atoms with Crippen molar-refractivity contribution in [3.63, 3.8) is 0 Å². The Morgan fingerprint density at radius 3 is 2.29 bits per heavy atom. The SMILES string of the molecule is N[C@@H](C(=O)O)c1ccc(N2CCCCC2)cc1. The standard InChI is InChI=1S/C13H18N2O2/c14-12(13(16)17)10-4-6-11(7-5-10)15-8-2-1-3-9-15/h4-7,12H,1-3,8-9,14H2,(H,16,17)/t12-/m1/s1. The molecule has 0 bridgehead atoms. The maximum absolute atomic E-state index is 10.8. The average molecular weight is 234 g/mol. The van der Waals surface area contributed by atoms with Gasteiger partial charge in [-0.15, -0.1) is 0 Å². The number of aliphatic carboxylic acids is 1. The lowest BCUT2D eigenvalue weighted by Gasteiger charge is -2.29. The molecular weight excluding hydrogens is 216 g/mol. The molecule has 0 amide bonds. The van der Waals surface area contributed by atoms with Gasteiger partial charge < -0.3 is 15.7 Å². The second-order valence-corrected chi connectivity index (χ2v) is 4.46. The van der Waals surface area contributed by atoms with E-state index in [0.717, 1.165) is 18.8 Å². The fourth-order valence-electron chi connectivity index (χ4n) is 2.19. The van der Waals surface area contributed by atoms with Gasteiger partial charge in [0, 0.05) is 18.8 Å². The Hall–Kier alpha value is -1.55. The number of benzene rings is 1. The molecule has 0 aromatic heterocycles. The predicted octanol–water partition coefficient (Wildman–Crippen LogP) is 1.76. The van der Waals surface area contributed by atoms with E-state index in [1.807, 2.05) is 24.3 Å². The van der Waals surface area contributed by atoms with Gasteiger partial charge in [-0.2, -0.15) is 0 Å². The highest BCUT2D eigenvalue weighted by atomic mass is 16.4. The van der Waals surface area contributed by atoms with E-state index < -0.39 is 12.0 Å². The molecule has 0 saturated carbocycles. The van der Waals surface area contributed by atoms with Crippen molar-refractivity contribution >= 4 is 11.7 Å². The number of nitrogens with two attached hydrogens (primary N) is 1. The zero-order chi connectivity index (χ0) is 12.3. The van der Waals surface area contributed by atoms with Crippen LogP contribution in [0.4, 0.5) is 5.69 Å². The fourth-order valence-corrected chi connectivity index (χ4v) is 2.19. The number of carboxylic acids is 1. The van der Waals surface area contributed by atoms with Crippen LogP contribution in [0.25, 0.3) is 0 Å². The number of nitrogens with zero attached hydrogens (tertiary/aromatic N) is 1.